The lowest BCUT2D eigenvalue weighted by molar-refractivity contribution is -0.140. The molecular weight excluding hydrogens is 416 g/mol. The van der Waals surface area contributed by atoms with E-state index in [0.717, 1.165) is 12.0 Å². The standard InChI is InChI=1S/C27H26N2O4/c1-15-6-3-4-9-22(15)28(25(30)16-7-5-8-17(12-16)33-2)14-29-26(31)23-18-10-11-19(21-13-20(18)21)24(23)27(29)32/h3-12,18-21,23-24H,13-14H2,1-2H3/t18-,19-,20-,21-,23+,24+/m1/s1. The second-order valence-electron chi connectivity index (χ2n) is 9.65. The first-order chi connectivity index (χ1) is 16.0. The van der Waals surface area contributed by atoms with Gasteiger partial charge >= 0.3 is 0 Å². The predicted octanol–water partition coefficient (Wildman–Crippen LogP) is 3.66. The number of hydrogen-bond acceptors (Lipinski definition) is 4. The number of allylic oxidation sites excluding steroid dienone is 2. The number of imide groups is 1. The van der Waals surface area contributed by atoms with Gasteiger partial charge in [0.25, 0.3) is 5.91 Å². The smallest absolute Gasteiger partial charge is 0.259 e. The molecule has 1 heterocycles. The van der Waals surface area contributed by atoms with Crippen LogP contribution in [0.1, 0.15) is 22.3 Å². The van der Waals surface area contributed by atoms with Gasteiger partial charge in [-0.25, -0.2) is 0 Å². The average Bonchev–Trinajstić information content (AvgIpc) is 3.63. The zero-order valence-corrected chi connectivity index (χ0v) is 18.7. The Kier molecular flexibility index (Phi) is 4.47. The summed E-state index contributed by atoms with van der Waals surface area (Å²) in [4.78, 5) is 43.6. The van der Waals surface area contributed by atoms with Crippen LogP contribution in [0.2, 0.25) is 0 Å². The number of nitrogens with zero attached hydrogens (tertiary/aromatic N) is 2. The molecule has 6 heteroatoms. The molecule has 0 unspecified atom stereocenters. The number of hydrogen-bond donors (Lipinski definition) is 0. The lowest BCUT2D eigenvalue weighted by Gasteiger charge is -2.37. The lowest BCUT2D eigenvalue weighted by atomic mass is 9.63. The van der Waals surface area contributed by atoms with Crippen molar-refractivity contribution >= 4 is 23.4 Å². The van der Waals surface area contributed by atoms with Gasteiger partial charge in [0.1, 0.15) is 12.4 Å². The molecule has 6 atom stereocenters. The first-order valence-electron chi connectivity index (χ1n) is 11.5. The lowest BCUT2D eigenvalue weighted by Crippen LogP contribution is -2.45. The number of aryl methyl sites for hydroxylation is 1. The Labute approximate surface area is 192 Å². The van der Waals surface area contributed by atoms with Crippen molar-refractivity contribution in [1.29, 1.82) is 0 Å². The minimum atomic E-state index is -0.276. The van der Waals surface area contributed by atoms with E-state index in [1.165, 1.54) is 4.90 Å². The van der Waals surface area contributed by atoms with Crippen molar-refractivity contribution in [1.82, 2.24) is 4.90 Å². The van der Waals surface area contributed by atoms with E-state index >= 15 is 0 Å². The summed E-state index contributed by atoms with van der Waals surface area (Å²) in [5.74, 6) is 0.893. The minimum absolute atomic E-state index is 0.0830. The van der Waals surface area contributed by atoms with Crippen LogP contribution in [-0.4, -0.2) is 36.4 Å². The van der Waals surface area contributed by atoms with Gasteiger partial charge in [0.2, 0.25) is 11.8 Å². The molecule has 2 aromatic rings. The maximum atomic E-state index is 13.7. The van der Waals surface area contributed by atoms with Crippen molar-refractivity contribution in [3.8, 4) is 5.75 Å². The fourth-order valence-corrected chi connectivity index (χ4v) is 6.33. The quantitative estimate of drug-likeness (QED) is 0.524. The highest BCUT2D eigenvalue weighted by Crippen LogP contribution is 2.65. The first kappa shape index (κ1) is 20.2. The van der Waals surface area contributed by atoms with Gasteiger partial charge in [-0.2, -0.15) is 0 Å². The van der Waals surface area contributed by atoms with E-state index in [-0.39, 0.29) is 48.1 Å². The Balaban J connectivity index is 1.35. The van der Waals surface area contributed by atoms with Crippen LogP contribution in [0.15, 0.2) is 60.7 Å². The van der Waals surface area contributed by atoms with E-state index in [0.29, 0.717) is 28.8 Å². The van der Waals surface area contributed by atoms with Crippen LogP contribution in [0.3, 0.4) is 0 Å². The van der Waals surface area contributed by atoms with Crippen molar-refractivity contribution in [2.75, 3.05) is 18.7 Å². The number of para-hydroxylation sites is 1. The van der Waals surface area contributed by atoms with E-state index in [1.807, 2.05) is 31.2 Å². The molecular formula is C27H26N2O4. The molecule has 168 valence electrons. The predicted molar refractivity (Wildman–Crippen MR) is 122 cm³/mol. The molecule has 7 rings (SSSR count). The van der Waals surface area contributed by atoms with E-state index in [1.54, 1.807) is 36.3 Å². The number of likely N-dealkylation sites (tertiary alicyclic amines) is 1. The summed E-state index contributed by atoms with van der Waals surface area (Å²) in [6, 6.07) is 14.5. The maximum absolute atomic E-state index is 13.7. The number of ether oxygens (including phenoxy) is 1. The maximum Gasteiger partial charge on any atom is 0.259 e. The molecule has 3 amide bonds. The van der Waals surface area contributed by atoms with Crippen molar-refractivity contribution in [3.05, 3.63) is 71.8 Å². The van der Waals surface area contributed by atoms with Crippen LogP contribution < -0.4 is 9.64 Å². The van der Waals surface area contributed by atoms with E-state index in [9.17, 15) is 14.4 Å². The first-order valence-corrected chi connectivity index (χ1v) is 11.5. The SMILES string of the molecule is COc1cccc(C(=O)N(CN2C(=O)[C@H]3[C@@H]4C=C[C@H]([C@H]5C[C@H]45)[C@@H]3C2=O)c2ccccc2C)c1. The summed E-state index contributed by atoms with van der Waals surface area (Å²) in [6.07, 6.45) is 5.45. The molecule has 4 aliphatic carbocycles. The zero-order valence-electron chi connectivity index (χ0n) is 18.7. The van der Waals surface area contributed by atoms with Gasteiger partial charge in [-0.05, 0) is 66.8 Å². The number of carbonyl (C=O) groups excluding carboxylic acids is 3. The van der Waals surface area contributed by atoms with Gasteiger partial charge in [0.05, 0.1) is 18.9 Å². The zero-order chi connectivity index (χ0) is 22.9. The summed E-state index contributed by atoms with van der Waals surface area (Å²) in [7, 11) is 1.55. The van der Waals surface area contributed by atoms with Crippen molar-refractivity contribution in [2.24, 2.45) is 35.5 Å². The Morgan fingerprint density at radius 2 is 1.67 bits per heavy atom. The molecule has 2 aromatic carbocycles. The minimum Gasteiger partial charge on any atom is -0.497 e. The van der Waals surface area contributed by atoms with Gasteiger partial charge < -0.3 is 4.74 Å². The molecule has 0 spiro atoms. The van der Waals surface area contributed by atoms with Crippen LogP contribution in [0.5, 0.6) is 5.75 Å². The van der Waals surface area contributed by atoms with E-state index in [4.69, 9.17) is 4.74 Å². The number of benzene rings is 2. The van der Waals surface area contributed by atoms with Crippen molar-refractivity contribution < 1.29 is 19.1 Å². The highest BCUT2D eigenvalue weighted by Gasteiger charge is 2.67. The number of anilines is 1. The average molecular weight is 443 g/mol. The summed E-state index contributed by atoms with van der Waals surface area (Å²) < 4.78 is 5.29. The van der Waals surface area contributed by atoms with Gasteiger partial charge in [-0.1, -0.05) is 36.4 Å². The monoisotopic (exact) mass is 442 g/mol. The van der Waals surface area contributed by atoms with E-state index in [2.05, 4.69) is 12.2 Å². The van der Waals surface area contributed by atoms with Gasteiger partial charge in [-0.3, -0.25) is 24.2 Å². The fourth-order valence-electron chi connectivity index (χ4n) is 6.33. The largest absolute Gasteiger partial charge is 0.497 e. The highest BCUT2D eigenvalue weighted by atomic mass is 16.5. The molecule has 0 aromatic heterocycles. The molecule has 0 radical (unpaired) electrons. The molecule has 5 aliphatic rings. The van der Waals surface area contributed by atoms with Crippen LogP contribution in [-0.2, 0) is 9.59 Å². The summed E-state index contributed by atoms with van der Waals surface area (Å²) in [6.45, 7) is 1.84. The second kappa shape index (κ2) is 7.30. The number of rotatable bonds is 5. The molecule has 1 saturated heterocycles. The third kappa shape index (κ3) is 2.96. The fraction of sp³-hybridized carbons (Fsp3) is 0.370. The molecule has 33 heavy (non-hydrogen) atoms. The van der Waals surface area contributed by atoms with Gasteiger partial charge in [0, 0.05) is 11.3 Å². The van der Waals surface area contributed by atoms with Gasteiger partial charge in [0.15, 0.2) is 0 Å². The number of carbonyl (C=O) groups is 3. The normalized spacial score (nSPS) is 30.8. The molecule has 0 N–H and O–H groups in total. The number of methoxy groups -OCH3 is 1. The molecule has 3 fully saturated rings. The Morgan fingerprint density at radius 3 is 2.30 bits per heavy atom. The third-order valence-corrected chi connectivity index (χ3v) is 8.01. The molecule has 6 nitrogen and oxygen atoms in total. The summed E-state index contributed by atoms with van der Waals surface area (Å²) >= 11 is 0. The van der Waals surface area contributed by atoms with E-state index < -0.39 is 0 Å². The van der Waals surface area contributed by atoms with Crippen molar-refractivity contribution in [3.63, 3.8) is 0 Å². The third-order valence-electron chi connectivity index (χ3n) is 8.01. The summed E-state index contributed by atoms with van der Waals surface area (Å²) in [5, 5.41) is 0. The Hall–Kier alpha value is -3.41. The number of amides is 3. The van der Waals surface area contributed by atoms with Crippen LogP contribution >= 0.6 is 0 Å². The summed E-state index contributed by atoms with van der Waals surface area (Å²) in [5.41, 5.74) is 2.02. The highest BCUT2D eigenvalue weighted by molar-refractivity contribution is 6.10. The topological polar surface area (TPSA) is 66.9 Å². The van der Waals surface area contributed by atoms with Crippen LogP contribution in [0.25, 0.3) is 0 Å². The Morgan fingerprint density at radius 1 is 1.00 bits per heavy atom. The Bertz CT molecular complexity index is 1170. The van der Waals surface area contributed by atoms with Crippen molar-refractivity contribution in [2.45, 2.75) is 13.3 Å². The van der Waals surface area contributed by atoms with Gasteiger partial charge in [-0.15, -0.1) is 0 Å². The molecule has 1 aliphatic heterocycles. The van der Waals surface area contributed by atoms with Crippen LogP contribution in [0, 0.1) is 42.4 Å². The molecule has 2 bridgehead atoms. The van der Waals surface area contributed by atoms with Crippen LogP contribution in [0.4, 0.5) is 5.69 Å². The molecule has 2 saturated carbocycles. The second-order valence-corrected chi connectivity index (χ2v) is 9.65.